The van der Waals surface area contributed by atoms with Gasteiger partial charge in [-0.15, -0.1) is 0 Å². The largest absolute Gasteiger partial charge is 0.490 e. The molecule has 3 aromatic rings. The molecule has 0 unspecified atom stereocenters. The van der Waals surface area contributed by atoms with Crippen molar-refractivity contribution >= 4 is 27.0 Å². The van der Waals surface area contributed by atoms with Gasteiger partial charge in [-0.2, -0.15) is 13.2 Å². The zero-order valence-corrected chi connectivity index (χ0v) is 18.4. The van der Waals surface area contributed by atoms with Crippen molar-refractivity contribution in [3.63, 3.8) is 0 Å². The summed E-state index contributed by atoms with van der Waals surface area (Å²) in [5.41, 5.74) is 0.987. The molecule has 3 N–H and O–H groups in total. The Kier molecular flexibility index (Phi) is 7.49. The maximum atomic E-state index is 12.9. The number of alkyl halides is 5. The van der Waals surface area contributed by atoms with Gasteiger partial charge >= 0.3 is 12.1 Å². The number of aromatic nitrogens is 2. The summed E-state index contributed by atoms with van der Waals surface area (Å²) in [6.07, 6.45) is -6.18. The van der Waals surface area contributed by atoms with Gasteiger partial charge in [-0.1, -0.05) is 12.1 Å². The first-order valence-corrected chi connectivity index (χ1v) is 10.7. The van der Waals surface area contributed by atoms with E-state index in [-0.39, 0.29) is 10.6 Å². The zero-order chi connectivity index (χ0) is 25.2. The molecule has 180 valence electrons. The molecule has 0 aliphatic carbocycles. The lowest BCUT2D eigenvalue weighted by Gasteiger charge is -2.20. The summed E-state index contributed by atoms with van der Waals surface area (Å²) in [7, 11) is -3.63. The van der Waals surface area contributed by atoms with Crippen LogP contribution in [0, 0.1) is 0 Å². The molecule has 13 heteroatoms. The van der Waals surface area contributed by atoms with E-state index in [2.05, 4.69) is 14.7 Å². The number of nitrogens with one attached hydrogen (secondary N) is 2. The number of carbonyl (C=O) groups is 1. The van der Waals surface area contributed by atoms with E-state index < -0.39 is 34.1 Å². The number of fused-ring (bicyclic) bond motifs is 1. The van der Waals surface area contributed by atoms with Crippen LogP contribution in [0.4, 0.5) is 22.0 Å². The van der Waals surface area contributed by atoms with Crippen molar-refractivity contribution in [2.24, 2.45) is 0 Å². The molecule has 0 saturated carbocycles. The fraction of sp³-hybridized carbons (Fsp3) is 0.300. The maximum Gasteiger partial charge on any atom is 0.490 e. The Morgan fingerprint density at radius 3 is 2.09 bits per heavy atom. The Labute approximate surface area is 185 Å². The summed E-state index contributed by atoms with van der Waals surface area (Å²) in [5.74, 6) is -2.76. The quantitative estimate of drug-likeness (QED) is 0.449. The monoisotopic (exact) mass is 493 g/mol. The topological polar surface area (TPSA) is 112 Å². The van der Waals surface area contributed by atoms with Crippen LogP contribution in [-0.4, -0.2) is 41.2 Å². The van der Waals surface area contributed by atoms with Crippen LogP contribution in [0.25, 0.3) is 22.2 Å². The third kappa shape index (κ3) is 6.96. The second-order valence-corrected chi connectivity index (χ2v) is 9.51. The van der Waals surface area contributed by atoms with Gasteiger partial charge in [0.1, 0.15) is 5.65 Å². The smallest absolute Gasteiger partial charge is 0.475 e. The minimum absolute atomic E-state index is 0.142. The number of carboxylic acid groups (broad SMARTS) is 1. The van der Waals surface area contributed by atoms with Crippen molar-refractivity contribution in [3.8, 4) is 11.1 Å². The highest BCUT2D eigenvalue weighted by atomic mass is 32.2. The van der Waals surface area contributed by atoms with E-state index in [9.17, 15) is 30.4 Å². The Morgan fingerprint density at radius 1 is 1.09 bits per heavy atom. The molecule has 3 rings (SSSR count). The molecule has 33 heavy (non-hydrogen) atoms. The van der Waals surface area contributed by atoms with Gasteiger partial charge in [0, 0.05) is 17.1 Å². The van der Waals surface area contributed by atoms with Crippen LogP contribution >= 0.6 is 0 Å². The average Bonchev–Trinajstić information content (AvgIpc) is 3.11. The predicted octanol–water partition coefficient (Wildman–Crippen LogP) is 4.88. The Hall–Kier alpha value is -3.06. The number of hydrogen-bond acceptors (Lipinski definition) is 4. The number of H-pyrrole nitrogens is 1. The van der Waals surface area contributed by atoms with E-state index in [1.807, 2.05) is 0 Å². The fourth-order valence-electron chi connectivity index (χ4n) is 2.69. The number of hydrogen-bond donors (Lipinski definition) is 3. The summed E-state index contributed by atoms with van der Waals surface area (Å²) in [6, 6.07) is 9.38. The van der Waals surface area contributed by atoms with Gasteiger partial charge < -0.3 is 10.1 Å². The van der Waals surface area contributed by atoms with Crippen molar-refractivity contribution in [2.75, 3.05) is 0 Å². The van der Waals surface area contributed by atoms with Gasteiger partial charge in [-0.25, -0.2) is 31.7 Å². The van der Waals surface area contributed by atoms with E-state index in [0.717, 1.165) is 0 Å². The number of nitrogens with zero attached hydrogens (tertiary/aromatic N) is 1. The van der Waals surface area contributed by atoms with Crippen LogP contribution in [0.2, 0.25) is 0 Å². The highest BCUT2D eigenvalue weighted by molar-refractivity contribution is 7.89. The number of sulfonamides is 1. The third-order valence-corrected chi connectivity index (χ3v) is 5.72. The van der Waals surface area contributed by atoms with E-state index in [4.69, 9.17) is 9.90 Å². The SMILES string of the molecule is CC(C)(C)NS(=O)(=O)c1ccc(-c2ccnc3[nH]c(C(F)F)cc23)cc1.O=C(O)C(F)(F)F. The number of aromatic amines is 1. The van der Waals surface area contributed by atoms with Crippen molar-refractivity contribution in [1.82, 2.24) is 14.7 Å². The van der Waals surface area contributed by atoms with Gasteiger partial charge in [0.25, 0.3) is 6.43 Å². The summed E-state index contributed by atoms with van der Waals surface area (Å²) in [5, 5.41) is 7.69. The van der Waals surface area contributed by atoms with Crippen molar-refractivity contribution in [2.45, 2.75) is 43.8 Å². The Bertz CT molecular complexity index is 1230. The molecule has 0 fully saturated rings. The first-order valence-electron chi connectivity index (χ1n) is 9.21. The maximum absolute atomic E-state index is 12.9. The molecular formula is C20H20F5N3O4S. The average molecular weight is 493 g/mol. The minimum atomic E-state index is -5.08. The van der Waals surface area contributed by atoms with E-state index in [1.165, 1.54) is 24.4 Å². The number of aliphatic carboxylic acids is 1. The first-order chi connectivity index (χ1) is 15.0. The van der Waals surface area contributed by atoms with Gasteiger partial charge in [-0.3, -0.25) is 0 Å². The lowest BCUT2D eigenvalue weighted by molar-refractivity contribution is -0.192. The van der Waals surface area contributed by atoms with Gasteiger partial charge in [0.15, 0.2) is 0 Å². The molecule has 0 amide bonds. The van der Waals surface area contributed by atoms with Crippen LogP contribution in [0.3, 0.4) is 0 Å². The second-order valence-electron chi connectivity index (χ2n) is 7.83. The molecular weight excluding hydrogens is 473 g/mol. The molecule has 2 heterocycles. The van der Waals surface area contributed by atoms with Crippen LogP contribution in [-0.2, 0) is 14.8 Å². The standard InChI is InChI=1S/C18H19F2N3O2S.C2HF3O2/c1-18(2,3)23-26(24,25)12-6-4-11(5-7-12)13-8-9-21-17-14(13)10-15(22-17)16(19)20;3-2(4,5)1(6)7/h4-10,16,23H,1-3H3,(H,21,22);(H,6,7). The van der Waals surface area contributed by atoms with Crippen LogP contribution in [0.15, 0.2) is 47.5 Å². The van der Waals surface area contributed by atoms with E-state index in [0.29, 0.717) is 22.2 Å². The Morgan fingerprint density at radius 2 is 1.64 bits per heavy atom. The number of benzene rings is 1. The normalized spacial score (nSPS) is 12.5. The summed E-state index contributed by atoms with van der Waals surface area (Å²) >= 11 is 0. The fourth-order valence-corrected chi connectivity index (χ4v) is 4.11. The lowest BCUT2D eigenvalue weighted by atomic mass is 10.0. The second kappa shape index (κ2) is 9.43. The van der Waals surface area contributed by atoms with Gasteiger partial charge in [0.05, 0.1) is 10.6 Å². The van der Waals surface area contributed by atoms with Crippen molar-refractivity contribution in [1.29, 1.82) is 0 Å². The lowest BCUT2D eigenvalue weighted by Crippen LogP contribution is -2.40. The predicted molar refractivity (Wildman–Crippen MR) is 110 cm³/mol. The molecule has 0 saturated heterocycles. The molecule has 2 aromatic heterocycles. The number of rotatable bonds is 4. The minimum Gasteiger partial charge on any atom is -0.475 e. The molecule has 0 radical (unpaired) electrons. The Balaban J connectivity index is 0.000000479. The van der Waals surface area contributed by atoms with E-state index >= 15 is 0 Å². The third-order valence-electron chi connectivity index (χ3n) is 3.95. The highest BCUT2D eigenvalue weighted by Gasteiger charge is 2.38. The van der Waals surface area contributed by atoms with Crippen molar-refractivity contribution in [3.05, 3.63) is 48.3 Å². The number of pyridine rings is 1. The van der Waals surface area contributed by atoms with Crippen molar-refractivity contribution < 1.29 is 40.3 Å². The number of carboxylic acids is 1. The zero-order valence-electron chi connectivity index (χ0n) is 17.5. The number of halogens is 5. The highest BCUT2D eigenvalue weighted by Crippen LogP contribution is 2.31. The molecule has 0 bridgehead atoms. The summed E-state index contributed by atoms with van der Waals surface area (Å²) in [6.45, 7) is 5.29. The first kappa shape index (κ1) is 26.2. The van der Waals surface area contributed by atoms with Crippen LogP contribution < -0.4 is 4.72 Å². The summed E-state index contributed by atoms with van der Waals surface area (Å²) < 4.78 is 84.9. The molecule has 0 aliphatic heterocycles. The molecule has 1 aromatic carbocycles. The molecule has 0 aliphatic rings. The summed E-state index contributed by atoms with van der Waals surface area (Å²) in [4.78, 5) is 15.7. The van der Waals surface area contributed by atoms with Crippen LogP contribution in [0.5, 0.6) is 0 Å². The molecule has 0 atom stereocenters. The molecule has 0 spiro atoms. The molecule has 7 nitrogen and oxygen atoms in total. The van der Waals surface area contributed by atoms with E-state index in [1.54, 1.807) is 39.0 Å². The van der Waals surface area contributed by atoms with Gasteiger partial charge in [0.2, 0.25) is 10.0 Å². The van der Waals surface area contributed by atoms with Gasteiger partial charge in [-0.05, 0) is 56.2 Å². The van der Waals surface area contributed by atoms with Crippen LogP contribution in [0.1, 0.15) is 32.9 Å².